The first-order chi connectivity index (χ1) is 12.8. The Balaban J connectivity index is 1.56. The van der Waals surface area contributed by atoms with E-state index >= 15 is 0 Å². The molecule has 0 saturated heterocycles. The highest BCUT2D eigenvalue weighted by atomic mass is 32.1. The number of rotatable bonds is 6. The Bertz CT molecular complexity index is 889. The molecular weight excluding hydrogens is 399 g/mol. The number of aliphatic hydroxyl groups excluding tert-OH is 1. The summed E-state index contributed by atoms with van der Waals surface area (Å²) in [5, 5.41) is 14.9. The molecule has 2 heterocycles. The van der Waals surface area contributed by atoms with Crippen LogP contribution < -0.4 is 10.1 Å². The molecule has 0 bridgehead atoms. The van der Waals surface area contributed by atoms with Gasteiger partial charge in [-0.25, -0.2) is 0 Å². The van der Waals surface area contributed by atoms with Crippen molar-refractivity contribution in [2.45, 2.75) is 19.0 Å². The number of thiophene rings is 2. The van der Waals surface area contributed by atoms with Gasteiger partial charge in [0, 0.05) is 20.2 Å². The number of benzene rings is 1. The standard InChI is InChI=1S/C18H14F3NO3S2/c19-18(20,21)25-12-5-3-11(4-6-12)17(24)22-10-13-7-8-15(27-13)16(23)14-2-1-9-26-14/h1-9,16,23H,10H2,(H,22,24). The molecule has 0 spiro atoms. The lowest BCUT2D eigenvalue weighted by atomic mass is 10.2. The predicted octanol–water partition coefficient (Wildman–Crippen LogP) is 4.72. The molecular formula is C18H14F3NO3S2. The molecule has 0 aliphatic carbocycles. The van der Waals surface area contributed by atoms with Crippen LogP contribution in [0.25, 0.3) is 0 Å². The Morgan fingerprint density at radius 3 is 2.48 bits per heavy atom. The Morgan fingerprint density at radius 2 is 1.85 bits per heavy atom. The first-order valence-corrected chi connectivity index (χ1v) is 9.45. The van der Waals surface area contributed by atoms with Gasteiger partial charge in [-0.1, -0.05) is 6.07 Å². The summed E-state index contributed by atoms with van der Waals surface area (Å²) in [6, 6.07) is 12.0. The van der Waals surface area contributed by atoms with Crippen molar-refractivity contribution in [3.8, 4) is 5.75 Å². The van der Waals surface area contributed by atoms with E-state index in [-0.39, 0.29) is 17.9 Å². The van der Waals surface area contributed by atoms with Crippen molar-refractivity contribution in [2.24, 2.45) is 0 Å². The summed E-state index contributed by atoms with van der Waals surface area (Å²) in [6.45, 7) is 0.251. The number of amides is 1. The lowest BCUT2D eigenvalue weighted by molar-refractivity contribution is -0.274. The number of hydrogen-bond donors (Lipinski definition) is 2. The fourth-order valence-corrected chi connectivity index (χ4v) is 4.06. The van der Waals surface area contributed by atoms with Gasteiger partial charge in [-0.05, 0) is 47.8 Å². The van der Waals surface area contributed by atoms with Crippen LogP contribution in [0.3, 0.4) is 0 Å². The van der Waals surface area contributed by atoms with Gasteiger partial charge in [-0.2, -0.15) is 0 Å². The van der Waals surface area contributed by atoms with Crippen LogP contribution in [0.5, 0.6) is 5.75 Å². The predicted molar refractivity (Wildman–Crippen MR) is 97.0 cm³/mol. The van der Waals surface area contributed by atoms with Crippen molar-refractivity contribution in [3.63, 3.8) is 0 Å². The number of ether oxygens (including phenoxy) is 1. The summed E-state index contributed by atoms with van der Waals surface area (Å²) >= 11 is 2.84. The number of aliphatic hydroxyl groups is 1. The zero-order valence-corrected chi connectivity index (χ0v) is 15.3. The maximum Gasteiger partial charge on any atom is 0.573 e. The minimum Gasteiger partial charge on any atom is -0.406 e. The maximum atomic E-state index is 12.1. The van der Waals surface area contributed by atoms with E-state index in [1.807, 2.05) is 23.6 Å². The Hall–Kier alpha value is -2.36. The monoisotopic (exact) mass is 413 g/mol. The van der Waals surface area contributed by atoms with Gasteiger partial charge in [0.15, 0.2) is 0 Å². The van der Waals surface area contributed by atoms with Gasteiger partial charge < -0.3 is 15.2 Å². The summed E-state index contributed by atoms with van der Waals surface area (Å²) < 4.78 is 40.2. The maximum absolute atomic E-state index is 12.1. The summed E-state index contributed by atoms with van der Waals surface area (Å²) in [5.74, 6) is -0.799. The van der Waals surface area contributed by atoms with Crippen LogP contribution in [-0.2, 0) is 6.54 Å². The van der Waals surface area contributed by atoms with E-state index in [0.717, 1.165) is 26.8 Å². The molecule has 9 heteroatoms. The van der Waals surface area contributed by atoms with Crippen LogP contribution in [-0.4, -0.2) is 17.4 Å². The third-order valence-corrected chi connectivity index (χ3v) is 5.60. The first kappa shape index (κ1) is 19.4. The summed E-state index contributed by atoms with van der Waals surface area (Å²) in [7, 11) is 0. The van der Waals surface area contributed by atoms with Crippen molar-refractivity contribution in [2.75, 3.05) is 0 Å². The second-order valence-corrected chi connectivity index (χ2v) is 7.66. The lowest BCUT2D eigenvalue weighted by Crippen LogP contribution is -2.22. The molecule has 27 heavy (non-hydrogen) atoms. The molecule has 2 N–H and O–H groups in total. The summed E-state index contributed by atoms with van der Waals surface area (Å²) in [6.07, 6.45) is -5.46. The van der Waals surface area contributed by atoms with Gasteiger partial charge in [0.1, 0.15) is 11.9 Å². The number of nitrogens with one attached hydrogen (secondary N) is 1. The highest BCUT2D eigenvalue weighted by Gasteiger charge is 2.31. The van der Waals surface area contributed by atoms with E-state index in [2.05, 4.69) is 10.1 Å². The van der Waals surface area contributed by atoms with Gasteiger partial charge in [-0.3, -0.25) is 4.79 Å². The molecule has 1 atom stereocenters. The van der Waals surface area contributed by atoms with Crippen LogP contribution in [0.4, 0.5) is 13.2 Å². The molecule has 4 nitrogen and oxygen atoms in total. The second-order valence-electron chi connectivity index (χ2n) is 5.48. The van der Waals surface area contributed by atoms with E-state index in [4.69, 9.17) is 0 Å². The molecule has 142 valence electrons. The summed E-state index contributed by atoms with van der Waals surface area (Å²) in [5.41, 5.74) is 0.222. The van der Waals surface area contributed by atoms with Gasteiger partial charge in [0.2, 0.25) is 0 Å². The molecule has 1 amide bonds. The zero-order valence-electron chi connectivity index (χ0n) is 13.7. The minimum absolute atomic E-state index is 0.222. The second kappa shape index (κ2) is 8.12. The Labute approximate surface area is 160 Å². The Morgan fingerprint density at radius 1 is 1.11 bits per heavy atom. The average Bonchev–Trinajstić information content (AvgIpc) is 3.30. The average molecular weight is 413 g/mol. The smallest absolute Gasteiger partial charge is 0.406 e. The molecule has 2 aromatic heterocycles. The van der Waals surface area contributed by atoms with E-state index < -0.39 is 18.4 Å². The van der Waals surface area contributed by atoms with Crippen molar-refractivity contribution in [1.29, 1.82) is 0 Å². The fraction of sp³-hybridized carbons (Fsp3) is 0.167. The third-order valence-electron chi connectivity index (χ3n) is 3.54. The quantitative estimate of drug-likeness (QED) is 0.615. The topological polar surface area (TPSA) is 58.6 Å². The zero-order chi connectivity index (χ0) is 19.4. The number of carbonyl (C=O) groups excluding carboxylic acids is 1. The van der Waals surface area contributed by atoms with E-state index in [1.165, 1.54) is 34.8 Å². The van der Waals surface area contributed by atoms with Gasteiger partial charge in [0.25, 0.3) is 5.91 Å². The minimum atomic E-state index is -4.77. The summed E-state index contributed by atoms with van der Waals surface area (Å²) in [4.78, 5) is 14.6. The van der Waals surface area contributed by atoms with Crippen LogP contribution in [0.15, 0.2) is 53.9 Å². The molecule has 3 rings (SSSR count). The number of halogens is 3. The van der Waals surface area contributed by atoms with Crippen LogP contribution in [0.2, 0.25) is 0 Å². The van der Waals surface area contributed by atoms with Crippen LogP contribution in [0, 0.1) is 0 Å². The van der Waals surface area contributed by atoms with Crippen molar-refractivity contribution in [1.82, 2.24) is 5.32 Å². The molecule has 1 unspecified atom stereocenters. The molecule has 1 aromatic carbocycles. The number of hydrogen-bond acceptors (Lipinski definition) is 5. The first-order valence-electron chi connectivity index (χ1n) is 7.76. The van der Waals surface area contributed by atoms with Crippen LogP contribution >= 0.6 is 22.7 Å². The molecule has 0 saturated carbocycles. The highest BCUT2D eigenvalue weighted by molar-refractivity contribution is 7.12. The van der Waals surface area contributed by atoms with Crippen LogP contribution in [0.1, 0.15) is 31.1 Å². The normalized spacial score (nSPS) is 12.6. The van der Waals surface area contributed by atoms with Gasteiger partial charge in [0.05, 0.1) is 6.54 Å². The lowest BCUT2D eigenvalue weighted by Gasteiger charge is -2.09. The molecule has 0 fully saturated rings. The fourth-order valence-electron chi connectivity index (χ4n) is 2.30. The number of carbonyl (C=O) groups is 1. The SMILES string of the molecule is O=C(NCc1ccc(C(O)c2cccs2)s1)c1ccc(OC(F)(F)F)cc1. The third kappa shape index (κ3) is 5.31. The van der Waals surface area contributed by atoms with E-state index in [9.17, 15) is 23.1 Å². The van der Waals surface area contributed by atoms with Crippen molar-refractivity contribution < 1.29 is 27.8 Å². The van der Waals surface area contributed by atoms with Gasteiger partial charge >= 0.3 is 6.36 Å². The molecule has 0 radical (unpaired) electrons. The van der Waals surface area contributed by atoms with Gasteiger partial charge in [-0.15, -0.1) is 35.8 Å². The molecule has 0 aliphatic rings. The van der Waals surface area contributed by atoms with E-state index in [1.54, 1.807) is 6.07 Å². The number of alkyl halides is 3. The van der Waals surface area contributed by atoms with Crippen molar-refractivity contribution >= 4 is 28.6 Å². The Kier molecular flexibility index (Phi) is 5.83. The molecule has 0 aliphatic heterocycles. The largest absolute Gasteiger partial charge is 0.573 e. The highest BCUT2D eigenvalue weighted by Crippen LogP contribution is 2.31. The van der Waals surface area contributed by atoms with Crippen molar-refractivity contribution in [3.05, 3.63) is 74.1 Å². The molecule has 3 aromatic rings. The van der Waals surface area contributed by atoms with E-state index in [0.29, 0.717) is 0 Å².